The van der Waals surface area contributed by atoms with Gasteiger partial charge in [-0.15, -0.1) is 0 Å². The molecule has 10 atom stereocenters. The Kier molecular flexibility index (Phi) is 9.36. The van der Waals surface area contributed by atoms with Gasteiger partial charge in [0.05, 0.1) is 36.3 Å². The van der Waals surface area contributed by atoms with Gasteiger partial charge in [-0.1, -0.05) is 52.7 Å². The van der Waals surface area contributed by atoms with Crippen molar-refractivity contribution in [1.82, 2.24) is 0 Å². The number of hydrogen-bond acceptors (Lipinski definition) is 7. The first-order valence-corrected chi connectivity index (χ1v) is 16.9. The maximum absolute atomic E-state index is 13.0. The van der Waals surface area contributed by atoms with Gasteiger partial charge in [0.15, 0.2) is 0 Å². The number of carbonyl (C=O) groups is 2. The van der Waals surface area contributed by atoms with E-state index in [2.05, 4.69) is 41.5 Å². The molecule has 8 heteroatoms. The van der Waals surface area contributed by atoms with E-state index in [1.165, 1.54) is 12.5 Å². The second kappa shape index (κ2) is 11.6. The molecule has 0 aromatic heterocycles. The van der Waals surface area contributed by atoms with Gasteiger partial charge < -0.3 is 30.3 Å². The lowest BCUT2D eigenvalue weighted by Crippen LogP contribution is -2.60. The summed E-state index contributed by atoms with van der Waals surface area (Å²) >= 11 is 0. The molecule has 0 saturated heterocycles. The summed E-state index contributed by atoms with van der Waals surface area (Å²) < 4.78 is 5.90. The summed E-state index contributed by atoms with van der Waals surface area (Å²) in [6.07, 6.45) is 4.91. The third-order valence-corrected chi connectivity index (χ3v) is 13.5. The van der Waals surface area contributed by atoms with Gasteiger partial charge in [0.25, 0.3) is 0 Å². The molecule has 0 radical (unpaired) electrons. The van der Waals surface area contributed by atoms with Crippen molar-refractivity contribution in [2.75, 3.05) is 0 Å². The summed E-state index contributed by atoms with van der Waals surface area (Å²) in [7, 11) is 0. The zero-order valence-corrected chi connectivity index (χ0v) is 28.7. The quantitative estimate of drug-likeness (QED) is 0.153. The number of aliphatic carboxylic acids is 1. The van der Waals surface area contributed by atoms with Crippen LogP contribution in [0.5, 0.6) is 0 Å². The van der Waals surface area contributed by atoms with E-state index in [4.69, 9.17) is 9.84 Å². The van der Waals surface area contributed by atoms with Crippen LogP contribution in [0, 0.1) is 39.4 Å². The number of carboxylic acids is 1. The topological polar surface area (TPSA) is 145 Å². The van der Waals surface area contributed by atoms with Crippen LogP contribution in [0.1, 0.15) is 133 Å². The molecule has 0 aromatic rings. The van der Waals surface area contributed by atoms with E-state index < -0.39 is 59.7 Å². The summed E-state index contributed by atoms with van der Waals surface area (Å²) in [4.78, 5) is 24.1. The summed E-state index contributed by atoms with van der Waals surface area (Å²) in [5, 5.41) is 51.9. The molecule has 0 spiro atoms. The second-order valence-corrected chi connectivity index (χ2v) is 17.3. The maximum atomic E-state index is 13.0. The van der Waals surface area contributed by atoms with Crippen LogP contribution in [-0.2, 0) is 14.3 Å². The fraction of sp³-hybridized carbons (Fsp3) is 0.889. The van der Waals surface area contributed by atoms with Gasteiger partial charge >= 0.3 is 11.9 Å². The van der Waals surface area contributed by atoms with Crippen LogP contribution in [0.4, 0.5) is 0 Å². The van der Waals surface area contributed by atoms with Crippen LogP contribution >= 0.6 is 0 Å². The number of rotatable bonds is 10. The van der Waals surface area contributed by atoms with E-state index in [0.29, 0.717) is 24.7 Å². The van der Waals surface area contributed by atoms with Crippen LogP contribution in [0.2, 0.25) is 0 Å². The summed E-state index contributed by atoms with van der Waals surface area (Å²) in [5.74, 6) is -0.696. The highest BCUT2D eigenvalue weighted by molar-refractivity contribution is 5.74. The Morgan fingerprint density at radius 1 is 0.955 bits per heavy atom. The average molecular weight is 621 g/mol. The number of carboxylic acid groups (broad SMARTS) is 1. The Morgan fingerprint density at radius 2 is 1.59 bits per heavy atom. The number of allylic oxidation sites excluding steroid dienone is 2. The third-order valence-electron chi connectivity index (χ3n) is 13.5. The molecule has 2 saturated carbocycles. The fourth-order valence-corrected chi connectivity index (χ4v) is 10.7. The summed E-state index contributed by atoms with van der Waals surface area (Å²) in [6, 6.07) is 0. The van der Waals surface area contributed by atoms with Crippen molar-refractivity contribution in [3.63, 3.8) is 0 Å². The van der Waals surface area contributed by atoms with Crippen LogP contribution in [0.15, 0.2) is 11.1 Å². The van der Waals surface area contributed by atoms with Crippen molar-refractivity contribution in [3.8, 4) is 0 Å². The number of aliphatic hydroxyl groups excluding tert-OH is 2. The minimum atomic E-state index is -1.73. The predicted octanol–water partition coefficient (Wildman–Crippen LogP) is 5.78. The molecule has 0 aromatic carbocycles. The van der Waals surface area contributed by atoms with Gasteiger partial charge in [0.2, 0.25) is 0 Å². The Bertz CT molecular complexity index is 1150. The van der Waals surface area contributed by atoms with Gasteiger partial charge in [0.1, 0.15) is 6.10 Å². The van der Waals surface area contributed by atoms with Crippen molar-refractivity contribution in [2.24, 2.45) is 39.4 Å². The van der Waals surface area contributed by atoms with Crippen molar-refractivity contribution in [1.29, 1.82) is 0 Å². The summed E-state index contributed by atoms with van der Waals surface area (Å²) in [6.45, 7) is 18.4. The van der Waals surface area contributed by atoms with Crippen molar-refractivity contribution < 1.29 is 39.9 Å². The van der Waals surface area contributed by atoms with E-state index in [1.54, 1.807) is 19.4 Å². The fourth-order valence-electron chi connectivity index (χ4n) is 10.7. The second-order valence-electron chi connectivity index (χ2n) is 17.3. The number of carbonyl (C=O) groups excluding carboxylic acids is 1. The Morgan fingerprint density at radius 3 is 2.18 bits per heavy atom. The molecule has 8 nitrogen and oxygen atoms in total. The van der Waals surface area contributed by atoms with E-state index in [0.717, 1.165) is 44.9 Å². The standard InChI is InChI=1S/C36H60O8/c1-21(10-13-27(37)32(4,5)42)22-14-16-36(9)24-11-12-26-31(2,3)30(41)25(44-29(40)20-33(6,43)19-28(38)39)18-34(26,7)23(24)15-17-35(22,36)8/h21-22,25-27,30,37,41-43H,10-20H2,1-9H3,(H,38,39). The molecule has 4 aliphatic rings. The molecule has 4 aliphatic carbocycles. The molecule has 252 valence electrons. The first-order valence-electron chi connectivity index (χ1n) is 16.9. The zero-order valence-electron chi connectivity index (χ0n) is 28.7. The Balaban J connectivity index is 1.60. The minimum absolute atomic E-state index is 0.0459. The van der Waals surface area contributed by atoms with E-state index >= 15 is 0 Å². The Labute approximate surface area is 264 Å². The molecule has 0 amide bonds. The van der Waals surface area contributed by atoms with Crippen LogP contribution in [-0.4, -0.2) is 67.0 Å². The van der Waals surface area contributed by atoms with Gasteiger partial charge in [-0.3, -0.25) is 9.59 Å². The predicted molar refractivity (Wildman–Crippen MR) is 169 cm³/mol. The Hall–Kier alpha value is -1.48. The lowest BCUT2D eigenvalue weighted by Gasteiger charge is -2.63. The van der Waals surface area contributed by atoms with E-state index in [1.807, 2.05) is 0 Å². The number of aliphatic hydroxyl groups is 4. The molecule has 4 rings (SSSR count). The normalized spacial score (nSPS) is 39.4. The van der Waals surface area contributed by atoms with Crippen LogP contribution in [0.25, 0.3) is 0 Å². The van der Waals surface area contributed by atoms with Crippen molar-refractivity contribution >= 4 is 11.9 Å². The first-order chi connectivity index (χ1) is 20.0. The highest BCUT2D eigenvalue weighted by Gasteiger charge is 2.65. The molecule has 0 bridgehead atoms. The number of hydrogen-bond donors (Lipinski definition) is 5. The molecule has 0 heterocycles. The number of fused-ring (bicyclic) bond motifs is 4. The van der Waals surface area contributed by atoms with Crippen molar-refractivity contribution in [2.45, 2.75) is 162 Å². The molecular weight excluding hydrogens is 560 g/mol. The molecule has 0 aliphatic heterocycles. The molecular formula is C36H60O8. The maximum Gasteiger partial charge on any atom is 0.309 e. The third kappa shape index (κ3) is 6.02. The lowest BCUT2D eigenvalue weighted by molar-refractivity contribution is -0.192. The first kappa shape index (κ1) is 35.4. The van der Waals surface area contributed by atoms with Crippen LogP contribution in [0.3, 0.4) is 0 Å². The lowest BCUT2D eigenvalue weighted by atomic mass is 9.43. The highest BCUT2D eigenvalue weighted by Crippen LogP contribution is 2.72. The molecule has 2 fully saturated rings. The number of esters is 1. The van der Waals surface area contributed by atoms with Gasteiger partial charge in [-0.25, -0.2) is 0 Å². The van der Waals surface area contributed by atoms with E-state index in [9.17, 15) is 30.0 Å². The summed E-state index contributed by atoms with van der Waals surface area (Å²) in [5.41, 5.74) is -0.363. The van der Waals surface area contributed by atoms with Gasteiger partial charge in [0, 0.05) is 0 Å². The highest BCUT2D eigenvalue weighted by atomic mass is 16.6. The largest absolute Gasteiger partial charge is 0.481 e. The number of ether oxygens (including phenoxy) is 1. The van der Waals surface area contributed by atoms with Crippen molar-refractivity contribution in [3.05, 3.63) is 11.1 Å². The molecule has 5 N–H and O–H groups in total. The van der Waals surface area contributed by atoms with Gasteiger partial charge in [-0.2, -0.15) is 0 Å². The smallest absolute Gasteiger partial charge is 0.309 e. The monoisotopic (exact) mass is 620 g/mol. The SMILES string of the molecule is CC(CCC(O)C(C)(C)O)C1CCC2(C)C3=C(CCC12C)C1(C)CC(OC(=O)CC(C)(O)CC(=O)O)C(O)C(C)(C)C1CC3. The zero-order chi connectivity index (χ0) is 33.3. The molecule has 44 heavy (non-hydrogen) atoms. The van der Waals surface area contributed by atoms with E-state index in [-0.39, 0.29) is 22.2 Å². The van der Waals surface area contributed by atoms with Crippen LogP contribution < -0.4 is 0 Å². The average Bonchev–Trinajstić information content (AvgIpc) is 3.15. The minimum Gasteiger partial charge on any atom is -0.481 e. The van der Waals surface area contributed by atoms with Gasteiger partial charge in [-0.05, 0) is 118 Å². The molecule has 10 unspecified atom stereocenters.